The summed E-state index contributed by atoms with van der Waals surface area (Å²) in [7, 11) is 2.13. The Morgan fingerprint density at radius 1 is 1.16 bits per heavy atom. The zero-order chi connectivity index (χ0) is 13.4. The number of nitrogens with zero attached hydrogens (tertiary/aromatic N) is 3. The third-order valence-electron chi connectivity index (χ3n) is 3.46. The maximum Gasteiger partial charge on any atom is 0.147 e. The monoisotopic (exact) mass is 317 g/mol. The minimum atomic E-state index is 0.947. The molecule has 0 atom stereocenters. The maximum absolute atomic E-state index is 4.59. The van der Waals surface area contributed by atoms with Crippen LogP contribution in [0.1, 0.15) is 5.56 Å². The van der Waals surface area contributed by atoms with E-state index in [1.807, 2.05) is 6.20 Å². The number of rotatable bonds is 1. The maximum atomic E-state index is 4.59. The van der Waals surface area contributed by atoms with E-state index in [0.29, 0.717) is 0 Å². The van der Waals surface area contributed by atoms with E-state index < -0.39 is 0 Å². The van der Waals surface area contributed by atoms with Crippen LogP contribution in [0.4, 0.5) is 17.2 Å². The number of para-hydroxylation sites is 2. The van der Waals surface area contributed by atoms with E-state index in [2.05, 4.69) is 75.0 Å². The van der Waals surface area contributed by atoms with Crippen molar-refractivity contribution in [2.45, 2.75) is 6.92 Å². The molecule has 0 unspecified atom stereocenters. The lowest BCUT2D eigenvalue weighted by molar-refractivity contribution is 0.811. The van der Waals surface area contributed by atoms with Gasteiger partial charge < -0.3 is 9.80 Å². The Balaban J connectivity index is 2.09. The van der Waals surface area contributed by atoms with Crippen LogP contribution in [0.15, 0.2) is 41.0 Å². The van der Waals surface area contributed by atoms with Gasteiger partial charge in [-0.25, -0.2) is 4.98 Å². The van der Waals surface area contributed by atoms with Gasteiger partial charge in [-0.2, -0.15) is 0 Å². The van der Waals surface area contributed by atoms with Crippen LogP contribution in [0.25, 0.3) is 0 Å². The van der Waals surface area contributed by atoms with Crippen LogP contribution >= 0.6 is 15.9 Å². The number of likely N-dealkylation sites (N-methyl/N-ethyl adjacent to an activating group) is 1. The first-order valence-electron chi connectivity index (χ1n) is 6.36. The van der Waals surface area contributed by atoms with Crippen LogP contribution in [0.5, 0.6) is 0 Å². The molecule has 1 aromatic carbocycles. The Morgan fingerprint density at radius 3 is 2.63 bits per heavy atom. The molecule has 2 aromatic rings. The molecule has 1 aliphatic rings. The molecule has 3 rings (SSSR count). The quantitative estimate of drug-likeness (QED) is 0.798. The van der Waals surface area contributed by atoms with Crippen molar-refractivity contribution >= 4 is 33.1 Å². The third kappa shape index (κ3) is 2.21. The number of pyridine rings is 1. The van der Waals surface area contributed by atoms with Crippen molar-refractivity contribution in [3.63, 3.8) is 0 Å². The molecule has 1 aliphatic heterocycles. The topological polar surface area (TPSA) is 19.4 Å². The van der Waals surface area contributed by atoms with Crippen molar-refractivity contribution in [1.82, 2.24) is 4.98 Å². The molecule has 0 amide bonds. The van der Waals surface area contributed by atoms with Crippen LogP contribution in [0, 0.1) is 6.92 Å². The Morgan fingerprint density at radius 2 is 1.89 bits per heavy atom. The van der Waals surface area contributed by atoms with E-state index in [1.165, 1.54) is 11.4 Å². The van der Waals surface area contributed by atoms with Gasteiger partial charge in [0.1, 0.15) is 5.82 Å². The number of aromatic nitrogens is 1. The van der Waals surface area contributed by atoms with E-state index in [0.717, 1.165) is 28.9 Å². The first-order chi connectivity index (χ1) is 9.16. The highest BCUT2D eigenvalue weighted by Gasteiger charge is 2.23. The van der Waals surface area contributed by atoms with Gasteiger partial charge in [-0.3, -0.25) is 0 Å². The van der Waals surface area contributed by atoms with Gasteiger partial charge in [0.05, 0.1) is 15.8 Å². The number of fused-ring (bicyclic) bond motifs is 1. The summed E-state index contributed by atoms with van der Waals surface area (Å²) in [5.74, 6) is 0.992. The number of anilines is 3. The predicted molar refractivity (Wildman–Crippen MR) is 83.4 cm³/mol. The lowest BCUT2D eigenvalue weighted by Gasteiger charge is -2.36. The highest BCUT2D eigenvalue weighted by atomic mass is 79.9. The van der Waals surface area contributed by atoms with E-state index in [9.17, 15) is 0 Å². The van der Waals surface area contributed by atoms with Gasteiger partial charge in [-0.1, -0.05) is 12.1 Å². The summed E-state index contributed by atoms with van der Waals surface area (Å²) >= 11 is 3.63. The van der Waals surface area contributed by atoms with Crippen molar-refractivity contribution in [1.29, 1.82) is 0 Å². The number of halogens is 1. The Bertz CT molecular complexity index is 612. The number of benzene rings is 1. The molecule has 98 valence electrons. The van der Waals surface area contributed by atoms with Gasteiger partial charge in [0.25, 0.3) is 0 Å². The molecule has 0 N–H and O–H groups in total. The smallest absolute Gasteiger partial charge is 0.147 e. The molecule has 0 bridgehead atoms. The Kier molecular flexibility index (Phi) is 3.19. The minimum Gasteiger partial charge on any atom is -0.371 e. The summed E-state index contributed by atoms with van der Waals surface area (Å²) in [6.45, 7) is 4.00. The second-order valence-corrected chi connectivity index (χ2v) is 5.73. The van der Waals surface area contributed by atoms with Gasteiger partial charge in [0, 0.05) is 26.3 Å². The Labute approximate surface area is 122 Å². The summed E-state index contributed by atoms with van der Waals surface area (Å²) in [6, 6.07) is 10.6. The second-order valence-electron chi connectivity index (χ2n) is 4.88. The number of hydrogen-bond donors (Lipinski definition) is 0. The van der Waals surface area contributed by atoms with E-state index in [4.69, 9.17) is 0 Å². The zero-order valence-corrected chi connectivity index (χ0v) is 12.7. The van der Waals surface area contributed by atoms with Gasteiger partial charge in [-0.05, 0) is 46.6 Å². The van der Waals surface area contributed by atoms with Crippen molar-refractivity contribution < 1.29 is 0 Å². The normalized spacial score (nSPS) is 14.5. The van der Waals surface area contributed by atoms with E-state index in [-0.39, 0.29) is 0 Å². The summed E-state index contributed by atoms with van der Waals surface area (Å²) in [5, 5.41) is 0. The lowest BCUT2D eigenvalue weighted by Crippen LogP contribution is -2.36. The van der Waals surface area contributed by atoms with Crippen molar-refractivity contribution in [2.75, 3.05) is 29.9 Å². The van der Waals surface area contributed by atoms with Crippen LogP contribution < -0.4 is 9.80 Å². The fourth-order valence-corrected chi connectivity index (χ4v) is 3.13. The van der Waals surface area contributed by atoms with Crippen LogP contribution in [0.2, 0.25) is 0 Å². The lowest BCUT2D eigenvalue weighted by atomic mass is 10.1. The summed E-state index contributed by atoms with van der Waals surface area (Å²) in [4.78, 5) is 9.15. The molecule has 0 radical (unpaired) electrons. The standard InChI is InChI=1S/C15H16BrN3/c1-11-9-12(16)15(17-10-11)19-8-7-18(2)13-5-3-4-6-14(13)19/h3-6,9-10H,7-8H2,1-2H3. The molecule has 0 fully saturated rings. The molecule has 0 aliphatic carbocycles. The molecule has 3 nitrogen and oxygen atoms in total. The van der Waals surface area contributed by atoms with Crippen LogP contribution in [-0.2, 0) is 0 Å². The molecular formula is C15H16BrN3. The molecular weight excluding hydrogens is 302 g/mol. The molecule has 0 spiro atoms. The van der Waals surface area contributed by atoms with Crippen LogP contribution in [0.3, 0.4) is 0 Å². The Hall–Kier alpha value is -1.55. The van der Waals surface area contributed by atoms with E-state index >= 15 is 0 Å². The summed E-state index contributed by atoms with van der Waals surface area (Å²) in [5.41, 5.74) is 3.63. The first-order valence-corrected chi connectivity index (χ1v) is 7.16. The van der Waals surface area contributed by atoms with Gasteiger partial charge in [0.2, 0.25) is 0 Å². The predicted octanol–water partition coefficient (Wildman–Crippen LogP) is 3.74. The summed E-state index contributed by atoms with van der Waals surface area (Å²) < 4.78 is 1.05. The minimum absolute atomic E-state index is 0.947. The summed E-state index contributed by atoms with van der Waals surface area (Å²) in [6.07, 6.45) is 1.92. The molecule has 4 heteroatoms. The van der Waals surface area contributed by atoms with Gasteiger partial charge >= 0.3 is 0 Å². The first kappa shape index (κ1) is 12.5. The van der Waals surface area contributed by atoms with Crippen molar-refractivity contribution in [2.24, 2.45) is 0 Å². The molecule has 0 saturated carbocycles. The highest BCUT2D eigenvalue weighted by molar-refractivity contribution is 9.10. The van der Waals surface area contributed by atoms with Gasteiger partial charge in [0.15, 0.2) is 0 Å². The molecule has 2 heterocycles. The van der Waals surface area contributed by atoms with Gasteiger partial charge in [-0.15, -0.1) is 0 Å². The average Bonchev–Trinajstić information content (AvgIpc) is 2.41. The molecule has 19 heavy (non-hydrogen) atoms. The van der Waals surface area contributed by atoms with Crippen molar-refractivity contribution in [3.8, 4) is 0 Å². The zero-order valence-electron chi connectivity index (χ0n) is 11.1. The fraction of sp³-hybridized carbons (Fsp3) is 0.267. The highest BCUT2D eigenvalue weighted by Crippen LogP contribution is 2.38. The third-order valence-corrected chi connectivity index (χ3v) is 4.04. The SMILES string of the molecule is Cc1cnc(N2CCN(C)c3ccccc32)c(Br)c1. The average molecular weight is 318 g/mol. The molecule has 0 saturated heterocycles. The largest absolute Gasteiger partial charge is 0.371 e. The van der Waals surface area contributed by atoms with Crippen LogP contribution in [-0.4, -0.2) is 25.1 Å². The number of aryl methyl sites for hydroxylation is 1. The fourth-order valence-electron chi connectivity index (χ4n) is 2.45. The van der Waals surface area contributed by atoms with Crippen molar-refractivity contribution in [3.05, 3.63) is 46.6 Å². The molecule has 1 aromatic heterocycles. The second kappa shape index (κ2) is 4.85. The number of hydrogen-bond acceptors (Lipinski definition) is 3. The van der Waals surface area contributed by atoms with E-state index in [1.54, 1.807) is 0 Å².